The molecule has 2 rings (SSSR count). The van der Waals surface area contributed by atoms with E-state index < -0.39 is 0 Å². The zero-order chi connectivity index (χ0) is 10.9. The van der Waals surface area contributed by atoms with Crippen LogP contribution in [-0.4, -0.2) is 31.1 Å². The van der Waals surface area contributed by atoms with Crippen LogP contribution in [0.5, 0.6) is 0 Å². The van der Waals surface area contributed by atoms with Crippen LogP contribution in [0.3, 0.4) is 0 Å². The molecule has 4 heteroatoms. The van der Waals surface area contributed by atoms with Crippen molar-refractivity contribution in [2.45, 2.75) is 19.4 Å². The highest BCUT2D eigenvalue weighted by Crippen LogP contribution is 2.35. The number of rotatable bonds is 2. The Kier molecular flexibility index (Phi) is 3.50. The number of piperazine rings is 1. The number of nitrogens with one attached hydrogen (secondary N) is 1. The Morgan fingerprint density at radius 2 is 2.00 bits per heavy atom. The van der Waals surface area contributed by atoms with Gasteiger partial charge in [-0.2, -0.15) is 0 Å². The Hall–Kier alpha value is 0.1000. The van der Waals surface area contributed by atoms with Crippen LogP contribution in [0.2, 0.25) is 0 Å². The Balaban J connectivity index is 2.17. The van der Waals surface area contributed by atoms with Gasteiger partial charge in [-0.05, 0) is 41.9 Å². The molecule has 2 heterocycles. The van der Waals surface area contributed by atoms with Gasteiger partial charge in [0.25, 0.3) is 0 Å². The van der Waals surface area contributed by atoms with Crippen LogP contribution < -0.4 is 5.32 Å². The van der Waals surface area contributed by atoms with E-state index in [4.69, 9.17) is 0 Å². The Labute approximate surface area is 104 Å². The summed E-state index contributed by atoms with van der Waals surface area (Å²) in [6, 6.07) is 4.38. The first kappa shape index (κ1) is 11.6. The summed E-state index contributed by atoms with van der Waals surface area (Å²) in [4.78, 5) is 4.00. The molecule has 1 aromatic rings. The van der Waals surface area contributed by atoms with Crippen molar-refractivity contribution in [1.82, 2.24) is 10.2 Å². The topological polar surface area (TPSA) is 15.3 Å². The van der Waals surface area contributed by atoms with Crippen LogP contribution in [0.1, 0.15) is 18.7 Å². The van der Waals surface area contributed by atoms with Crippen molar-refractivity contribution < 1.29 is 0 Å². The monoisotopic (exact) mass is 288 g/mol. The van der Waals surface area contributed by atoms with E-state index in [0.717, 1.165) is 26.2 Å². The first-order valence-electron chi connectivity index (χ1n) is 5.32. The fraction of sp³-hybridized carbons (Fsp3) is 0.636. The van der Waals surface area contributed by atoms with Gasteiger partial charge < -0.3 is 5.32 Å². The van der Waals surface area contributed by atoms with Gasteiger partial charge in [-0.1, -0.05) is 0 Å². The van der Waals surface area contributed by atoms with Gasteiger partial charge in [-0.25, -0.2) is 0 Å². The van der Waals surface area contributed by atoms with Crippen molar-refractivity contribution in [3.8, 4) is 0 Å². The van der Waals surface area contributed by atoms with E-state index in [0.29, 0.717) is 0 Å². The molecule has 0 aromatic carbocycles. The molecule has 1 saturated heterocycles. The maximum atomic E-state index is 3.54. The maximum absolute atomic E-state index is 3.54. The molecule has 0 unspecified atom stereocenters. The zero-order valence-corrected chi connectivity index (χ0v) is 11.6. The molecule has 1 aliphatic heterocycles. The molecule has 0 radical (unpaired) electrons. The molecule has 1 N–H and O–H groups in total. The van der Waals surface area contributed by atoms with Crippen LogP contribution in [0, 0.1) is 0 Å². The summed E-state index contributed by atoms with van der Waals surface area (Å²) in [6.07, 6.45) is 0. The van der Waals surface area contributed by atoms with Crippen molar-refractivity contribution in [2.75, 3.05) is 26.2 Å². The molecular formula is C11H17BrN2S. The summed E-state index contributed by atoms with van der Waals surface area (Å²) >= 11 is 5.38. The molecule has 2 nitrogen and oxygen atoms in total. The van der Waals surface area contributed by atoms with Gasteiger partial charge in [-0.15, -0.1) is 11.3 Å². The number of nitrogens with zero attached hydrogens (tertiary/aromatic N) is 1. The Morgan fingerprint density at radius 3 is 2.53 bits per heavy atom. The Bertz CT molecular complexity index is 329. The first-order chi connectivity index (χ1) is 7.10. The van der Waals surface area contributed by atoms with E-state index in [2.05, 4.69) is 52.1 Å². The standard InChI is InChI=1S/C11H17BrN2S/c1-11(2,9-3-4-10(12)15-9)14-7-5-13-6-8-14/h3-4,13H,5-8H2,1-2H3. The second-order valence-corrected chi connectivity index (χ2v) is 6.86. The van der Waals surface area contributed by atoms with Crippen LogP contribution in [0.15, 0.2) is 15.9 Å². The van der Waals surface area contributed by atoms with Gasteiger partial charge in [0.15, 0.2) is 0 Å². The van der Waals surface area contributed by atoms with Gasteiger partial charge in [0.05, 0.1) is 3.79 Å². The maximum Gasteiger partial charge on any atom is 0.0702 e. The number of halogens is 1. The van der Waals surface area contributed by atoms with Gasteiger partial charge in [0.2, 0.25) is 0 Å². The molecule has 0 spiro atoms. The molecule has 0 amide bonds. The summed E-state index contributed by atoms with van der Waals surface area (Å²) in [6.45, 7) is 9.13. The van der Waals surface area contributed by atoms with E-state index >= 15 is 0 Å². The summed E-state index contributed by atoms with van der Waals surface area (Å²) in [5, 5.41) is 3.40. The smallest absolute Gasteiger partial charge is 0.0702 e. The molecule has 1 aliphatic rings. The lowest BCUT2D eigenvalue weighted by atomic mass is 9.99. The summed E-state index contributed by atoms with van der Waals surface area (Å²) in [5.74, 6) is 0. The molecule has 1 fully saturated rings. The number of hydrogen-bond donors (Lipinski definition) is 1. The average molecular weight is 289 g/mol. The quantitative estimate of drug-likeness (QED) is 0.900. The molecule has 0 saturated carbocycles. The molecular weight excluding hydrogens is 272 g/mol. The van der Waals surface area contributed by atoms with Gasteiger partial charge in [0, 0.05) is 36.6 Å². The largest absolute Gasteiger partial charge is 0.314 e. The lowest BCUT2D eigenvalue weighted by Crippen LogP contribution is -2.51. The molecule has 1 aromatic heterocycles. The van der Waals surface area contributed by atoms with Crippen LogP contribution in [0.25, 0.3) is 0 Å². The fourth-order valence-electron chi connectivity index (χ4n) is 2.02. The van der Waals surface area contributed by atoms with Crippen molar-refractivity contribution in [1.29, 1.82) is 0 Å². The van der Waals surface area contributed by atoms with Crippen LogP contribution in [0.4, 0.5) is 0 Å². The van der Waals surface area contributed by atoms with E-state index in [1.54, 1.807) is 0 Å². The summed E-state index contributed by atoms with van der Waals surface area (Å²) < 4.78 is 1.22. The normalized spacial score (nSPS) is 19.4. The predicted octanol–water partition coefficient (Wildman–Crippen LogP) is 2.65. The highest BCUT2D eigenvalue weighted by atomic mass is 79.9. The highest BCUT2D eigenvalue weighted by molar-refractivity contribution is 9.11. The minimum Gasteiger partial charge on any atom is -0.314 e. The van der Waals surface area contributed by atoms with Crippen molar-refractivity contribution >= 4 is 27.3 Å². The first-order valence-corrected chi connectivity index (χ1v) is 6.93. The number of thiophene rings is 1. The lowest BCUT2D eigenvalue weighted by Gasteiger charge is -2.40. The molecule has 15 heavy (non-hydrogen) atoms. The van der Waals surface area contributed by atoms with Crippen LogP contribution >= 0.6 is 27.3 Å². The molecule has 0 bridgehead atoms. The summed E-state index contributed by atoms with van der Waals surface area (Å²) in [5.41, 5.74) is 0.165. The van der Waals surface area contributed by atoms with Crippen molar-refractivity contribution in [3.05, 3.63) is 20.8 Å². The third kappa shape index (κ3) is 2.44. The third-order valence-corrected chi connectivity index (χ3v) is 5.02. The highest BCUT2D eigenvalue weighted by Gasteiger charge is 2.30. The number of hydrogen-bond acceptors (Lipinski definition) is 3. The predicted molar refractivity (Wildman–Crippen MR) is 69.5 cm³/mol. The SMILES string of the molecule is CC(C)(c1ccc(Br)s1)N1CCNCC1. The molecule has 84 valence electrons. The van der Waals surface area contributed by atoms with E-state index in [1.165, 1.54) is 8.66 Å². The lowest BCUT2D eigenvalue weighted by molar-refractivity contribution is 0.106. The van der Waals surface area contributed by atoms with Gasteiger partial charge >= 0.3 is 0 Å². The molecule has 0 atom stereocenters. The minimum atomic E-state index is 0.165. The van der Waals surface area contributed by atoms with E-state index in [-0.39, 0.29) is 5.54 Å². The summed E-state index contributed by atoms with van der Waals surface area (Å²) in [7, 11) is 0. The minimum absolute atomic E-state index is 0.165. The van der Waals surface area contributed by atoms with Crippen molar-refractivity contribution in [3.63, 3.8) is 0 Å². The molecule has 0 aliphatic carbocycles. The Morgan fingerprint density at radius 1 is 1.33 bits per heavy atom. The van der Waals surface area contributed by atoms with Crippen molar-refractivity contribution in [2.24, 2.45) is 0 Å². The van der Waals surface area contributed by atoms with Gasteiger partial charge in [-0.3, -0.25) is 4.90 Å². The second-order valence-electron chi connectivity index (χ2n) is 4.40. The average Bonchev–Trinajstić information content (AvgIpc) is 2.67. The third-order valence-electron chi connectivity index (χ3n) is 3.08. The fourth-order valence-corrected chi connectivity index (χ4v) is 3.54. The van der Waals surface area contributed by atoms with E-state index in [1.807, 2.05) is 11.3 Å². The van der Waals surface area contributed by atoms with E-state index in [9.17, 15) is 0 Å². The second kappa shape index (κ2) is 4.53. The van der Waals surface area contributed by atoms with Crippen LogP contribution in [-0.2, 0) is 5.54 Å². The zero-order valence-electron chi connectivity index (χ0n) is 9.22. The van der Waals surface area contributed by atoms with Gasteiger partial charge in [0.1, 0.15) is 0 Å².